The molecule has 3 aromatic rings. The second kappa shape index (κ2) is 9.32. The van der Waals surface area contributed by atoms with Crippen LogP contribution in [-0.2, 0) is 10.0 Å². The van der Waals surface area contributed by atoms with Gasteiger partial charge in [-0.1, -0.05) is 0 Å². The Morgan fingerprint density at radius 2 is 1.84 bits per heavy atom. The highest BCUT2D eigenvalue weighted by Gasteiger charge is 2.19. The third kappa shape index (κ3) is 5.50. The van der Waals surface area contributed by atoms with Gasteiger partial charge < -0.3 is 9.73 Å². The number of rotatable bonds is 8. The SMILES string of the molecule is Cc1cc(F)ccc1S(=O)(=O)Nc1ccc(C(=O)NCC(c2ccco2)N(C)C)cc1. The Balaban J connectivity index is 1.66. The Kier molecular flexibility index (Phi) is 6.77. The fourth-order valence-electron chi connectivity index (χ4n) is 3.12. The summed E-state index contributed by atoms with van der Waals surface area (Å²) in [5.41, 5.74) is 0.982. The highest BCUT2D eigenvalue weighted by atomic mass is 32.2. The molecule has 0 saturated heterocycles. The smallest absolute Gasteiger partial charge is 0.262 e. The van der Waals surface area contributed by atoms with Crippen LogP contribution in [0, 0.1) is 12.7 Å². The number of aryl methyl sites for hydroxylation is 1. The molecule has 31 heavy (non-hydrogen) atoms. The largest absolute Gasteiger partial charge is 0.468 e. The summed E-state index contributed by atoms with van der Waals surface area (Å²) < 4.78 is 46.3. The first-order chi connectivity index (χ1) is 14.7. The summed E-state index contributed by atoms with van der Waals surface area (Å²) in [6, 6.07) is 13.1. The molecule has 0 aliphatic rings. The second-order valence-corrected chi connectivity index (χ2v) is 8.95. The van der Waals surface area contributed by atoms with E-state index >= 15 is 0 Å². The zero-order valence-electron chi connectivity index (χ0n) is 17.4. The monoisotopic (exact) mass is 445 g/mol. The molecule has 0 bridgehead atoms. The molecule has 1 amide bonds. The molecule has 0 radical (unpaired) electrons. The van der Waals surface area contributed by atoms with E-state index in [1.807, 2.05) is 25.1 Å². The lowest BCUT2D eigenvalue weighted by atomic mass is 10.1. The van der Waals surface area contributed by atoms with Gasteiger partial charge in [0.1, 0.15) is 11.6 Å². The van der Waals surface area contributed by atoms with Gasteiger partial charge in [0.15, 0.2) is 0 Å². The summed E-state index contributed by atoms with van der Waals surface area (Å²) >= 11 is 0. The predicted molar refractivity (Wildman–Crippen MR) is 116 cm³/mol. The van der Waals surface area contributed by atoms with Crippen molar-refractivity contribution >= 4 is 21.6 Å². The van der Waals surface area contributed by atoms with Crippen molar-refractivity contribution in [2.75, 3.05) is 25.4 Å². The van der Waals surface area contributed by atoms with Gasteiger partial charge in [0, 0.05) is 17.8 Å². The molecular formula is C22H24FN3O4S. The molecule has 1 aromatic heterocycles. The molecule has 2 N–H and O–H groups in total. The number of anilines is 1. The molecular weight excluding hydrogens is 421 g/mol. The molecule has 0 saturated carbocycles. The van der Waals surface area contributed by atoms with Gasteiger partial charge in [-0.05, 0) is 81.2 Å². The molecule has 7 nitrogen and oxygen atoms in total. The fourth-order valence-corrected chi connectivity index (χ4v) is 4.41. The predicted octanol–water partition coefficient (Wildman–Crippen LogP) is 3.56. The van der Waals surface area contributed by atoms with Crippen LogP contribution in [0.25, 0.3) is 0 Å². The Labute approximate surface area is 180 Å². The molecule has 0 fully saturated rings. The van der Waals surface area contributed by atoms with Crippen LogP contribution in [-0.4, -0.2) is 39.9 Å². The van der Waals surface area contributed by atoms with E-state index in [0.29, 0.717) is 23.4 Å². The lowest BCUT2D eigenvalue weighted by molar-refractivity contribution is 0.0939. The van der Waals surface area contributed by atoms with Crippen LogP contribution in [0.5, 0.6) is 0 Å². The molecule has 0 aliphatic carbocycles. The standard InChI is InChI=1S/C22H24FN3O4S/c1-15-13-17(23)8-11-21(15)31(28,29)25-18-9-6-16(7-10-18)22(27)24-14-19(26(2)3)20-5-4-12-30-20/h4-13,19,25H,14H2,1-3H3,(H,24,27). The summed E-state index contributed by atoms with van der Waals surface area (Å²) in [5, 5.41) is 2.86. The van der Waals surface area contributed by atoms with Crippen molar-refractivity contribution in [1.82, 2.24) is 10.2 Å². The average Bonchev–Trinajstić information content (AvgIpc) is 3.22. The minimum Gasteiger partial charge on any atom is -0.468 e. The number of hydrogen-bond acceptors (Lipinski definition) is 5. The van der Waals surface area contributed by atoms with Crippen molar-refractivity contribution in [3.8, 4) is 0 Å². The molecule has 0 spiro atoms. The van der Waals surface area contributed by atoms with Crippen LogP contribution < -0.4 is 10.0 Å². The van der Waals surface area contributed by atoms with Crippen molar-refractivity contribution in [3.05, 3.63) is 83.6 Å². The average molecular weight is 446 g/mol. The van der Waals surface area contributed by atoms with E-state index in [-0.39, 0.29) is 16.8 Å². The second-order valence-electron chi connectivity index (χ2n) is 7.30. The van der Waals surface area contributed by atoms with E-state index in [2.05, 4.69) is 10.0 Å². The van der Waals surface area contributed by atoms with Gasteiger partial charge in [-0.2, -0.15) is 0 Å². The van der Waals surface area contributed by atoms with Crippen molar-refractivity contribution in [2.24, 2.45) is 0 Å². The number of furan rings is 1. The maximum Gasteiger partial charge on any atom is 0.262 e. The van der Waals surface area contributed by atoms with Crippen molar-refractivity contribution in [3.63, 3.8) is 0 Å². The van der Waals surface area contributed by atoms with Gasteiger partial charge in [0.25, 0.3) is 15.9 Å². The quantitative estimate of drug-likeness (QED) is 0.553. The lowest BCUT2D eigenvalue weighted by Gasteiger charge is -2.22. The Bertz CT molecular complexity index is 1140. The molecule has 1 unspecified atom stereocenters. The molecule has 9 heteroatoms. The van der Waals surface area contributed by atoms with E-state index in [4.69, 9.17) is 4.42 Å². The Morgan fingerprint density at radius 3 is 2.42 bits per heavy atom. The number of sulfonamides is 1. The first kappa shape index (κ1) is 22.5. The normalized spacial score (nSPS) is 12.5. The summed E-state index contributed by atoms with van der Waals surface area (Å²) in [6.45, 7) is 1.87. The molecule has 2 aromatic carbocycles. The topological polar surface area (TPSA) is 91.6 Å². The molecule has 1 atom stereocenters. The van der Waals surface area contributed by atoms with E-state index in [1.165, 1.54) is 37.3 Å². The van der Waals surface area contributed by atoms with E-state index in [1.54, 1.807) is 12.3 Å². The number of nitrogens with zero attached hydrogens (tertiary/aromatic N) is 1. The van der Waals surface area contributed by atoms with E-state index in [9.17, 15) is 17.6 Å². The number of carbonyl (C=O) groups excluding carboxylic acids is 1. The summed E-state index contributed by atoms with van der Waals surface area (Å²) in [6.07, 6.45) is 1.58. The first-order valence-electron chi connectivity index (χ1n) is 9.54. The van der Waals surface area contributed by atoms with Gasteiger partial charge >= 0.3 is 0 Å². The van der Waals surface area contributed by atoms with Crippen LogP contribution >= 0.6 is 0 Å². The van der Waals surface area contributed by atoms with Crippen LogP contribution in [0.1, 0.15) is 27.7 Å². The van der Waals surface area contributed by atoms with Gasteiger partial charge in [0.05, 0.1) is 17.2 Å². The van der Waals surface area contributed by atoms with Crippen LogP contribution in [0.2, 0.25) is 0 Å². The third-order valence-electron chi connectivity index (χ3n) is 4.78. The zero-order valence-corrected chi connectivity index (χ0v) is 18.2. The molecule has 164 valence electrons. The number of carbonyl (C=O) groups is 1. The van der Waals surface area contributed by atoms with Gasteiger partial charge in [-0.25, -0.2) is 12.8 Å². The lowest BCUT2D eigenvalue weighted by Crippen LogP contribution is -2.34. The number of hydrogen-bond donors (Lipinski definition) is 2. The maximum atomic E-state index is 13.3. The minimum absolute atomic E-state index is 0.0108. The molecule has 0 aliphatic heterocycles. The summed E-state index contributed by atoms with van der Waals surface area (Å²) in [7, 11) is -0.0992. The Hall–Kier alpha value is -3.17. The van der Waals surface area contributed by atoms with E-state index < -0.39 is 15.8 Å². The number of nitrogens with one attached hydrogen (secondary N) is 2. The van der Waals surface area contributed by atoms with Crippen LogP contribution in [0.15, 0.2) is 70.2 Å². The number of likely N-dealkylation sites (N-methyl/N-ethyl adjacent to an activating group) is 1. The Morgan fingerprint density at radius 1 is 1.13 bits per heavy atom. The van der Waals surface area contributed by atoms with E-state index in [0.717, 1.165) is 17.9 Å². The van der Waals surface area contributed by atoms with Gasteiger partial charge in [-0.3, -0.25) is 14.4 Å². The van der Waals surface area contributed by atoms with Gasteiger partial charge in [0.2, 0.25) is 0 Å². The third-order valence-corrected chi connectivity index (χ3v) is 6.32. The molecule has 3 rings (SSSR count). The summed E-state index contributed by atoms with van der Waals surface area (Å²) in [5.74, 6) is -0.0521. The highest BCUT2D eigenvalue weighted by Crippen LogP contribution is 2.21. The fraction of sp³-hybridized carbons (Fsp3) is 0.227. The van der Waals surface area contributed by atoms with Crippen molar-refractivity contribution in [1.29, 1.82) is 0 Å². The van der Waals surface area contributed by atoms with Crippen molar-refractivity contribution < 1.29 is 22.0 Å². The summed E-state index contributed by atoms with van der Waals surface area (Å²) in [4.78, 5) is 14.4. The first-order valence-corrected chi connectivity index (χ1v) is 11.0. The van der Waals surface area contributed by atoms with Crippen LogP contribution in [0.3, 0.4) is 0 Å². The van der Waals surface area contributed by atoms with Crippen molar-refractivity contribution in [2.45, 2.75) is 17.9 Å². The minimum atomic E-state index is -3.88. The highest BCUT2D eigenvalue weighted by molar-refractivity contribution is 7.92. The number of amides is 1. The molecule has 1 heterocycles. The maximum absolute atomic E-state index is 13.3. The number of benzene rings is 2. The van der Waals surface area contributed by atoms with Crippen LogP contribution in [0.4, 0.5) is 10.1 Å². The number of halogens is 1. The van der Waals surface area contributed by atoms with Gasteiger partial charge in [-0.15, -0.1) is 0 Å². The zero-order chi connectivity index (χ0) is 22.6.